The molecule has 0 atom stereocenters. The van der Waals surface area contributed by atoms with Crippen LogP contribution in [0, 0.1) is 0 Å². The first-order valence-corrected chi connectivity index (χ1v) is 11.7. The molecule has 0 aliphatic rings. The summed E-state index contributed by atoms with van der Waals surface area (Å²) in [6, 6.07) is 14.1. The van der Waals surface area contributed by atoms with Crippen LogP contribution in [-0.2, 0) is 22.4 Å². The van der Waals surface area contributed by atoms with Gasteiger partial charge in [-0.1, -0.05) is 68.6 Å². The topological polar surface area (TPSA) is 26.3 Å². The SMILES string of the molecule is CC.CCCCOC(=O)CCc1cc2c(Cc3c(Cl)cccc3Cl)cccc2s1. The van der Waals surface area contributed by atoms with E-state index >= 15 is 0 Å². The van der Waals surface area contributed by atoms with E-state index in [9.17, 15) is 4.79 Å². The van der Waals surface area contributed by atoms with Gasteiger partial charge < -0.3 is 4.74 Å². The van der Waals surface area contributed by atoms with Gasteiger partial charge in [0.15, 0.2) is 0 Å². The molecule has 0 aliphatic heterocycles. The second-order valence-corrected chi connectivity index (χ2v) is 8.48. The van der Waals surface area contributed by atoms with Crippen LogP contribution >= 0.6 is 34.5 Å². The van der Waals surface area contributed by atoms with Gasteiger partial charge in [0.05, 0.1) is 13.0 Å². The summed E-state index contributed by atoms with van der Waals surface area (Å²) in [6.45, 7) is 6.60. The van der Waals surface area contributed by atoms with Gasteiger partial charge in [-0.2, -0.15) is 0 Å². The largest absolute Gasteiger partial charge is 0.466 e. The van der Waals surface area contributed by atoms with Gasteiger partial charge in [0.1, 0.15) is 0 Å². The second-order valence-electron chi connectivity index (χ2n) is 6.49. The van der Waals surface area contributed by atoms with Crippen molar-refractivity contribution in [3.63, 3.8) is 0 Å². The molecule has 156 valence electrons. The molecule has 0 radical (unpaired) electrons. The van der Waals surface area contributed by atoms with Gasteiger partial charge >= 0.3 is 5.97 Å². The van der Waals surface area contributed by atoms with Crippen molar-refractivity contribution in [3.05, 3.63) is 68.5 Å². The molecule has 0 spiro atoms. The molecule has 3 rings (SSSR count). The van der Waals surface area contributed by atoms with Crippen molar-refractivity contribution >= 4 is 50.6 Å². The molecule has 2 nitrogen and oxygen atoms in total. The number of carbonyl (C=O) groups excluding carboxylic acids is 1. The molecule has 3 aromatic rings. The minimum Gasteiger partial charge on any atom is -0.466 e. The van der Waals surface area contributed by atoms with Crippen molar-refractivity contribution in [1.82, 2.24) is 0 Å². The quantitative estimate of drug-likeness (QED) is 0.255. The molecule has 0 saturated heterocycles. The Morgan fingerprint density at radius 3 is 2.45 bits per heavy atom. The van der Waals surface area contributed by atoms with E-state index in [1.54, 1.807) is 11.3 Å². The molecule has 1 aromatic heterocycles. The van der Waals surface area contributed by atoms with Crippen LogP contribution < -0.4 is 0 Å². The first kappa shape index (κ1) is 23.7. The molecular weight excluding hydrogens is 423 g/mol. The van der Waals surface area contributed by atoms with Crippen LogP contribution in [0.4, 0.5) is 0 Å². The Morgan fingerprint density at radius 2 is 1.76 bits per heavy atom. The Kier molecular flexibility index (Phi) is 9.99. The van der Waals surface area contributed by atoms with Crippen molar-refractivity contribution in [1.29, 1.82) is 0 Å². The molecule has 5 heteroatoms. The zero-order valence-electron chi connectivity index (χ0n) is 17.3. The van der Waals surface area contributed by atoms with Crippen molar-refractivity contribution < 1.29 is 9.53 Å². The second kappa shape index (κ2) is 12.2. The Balaban J connectivity index is 0.00000145. The third-order valence-electron chi connectivity index (χ3n) is 4.47. The maximum Gasteiger partial charge on any atom is 0.306 e. The van der Waals surface area contributed by atoms with E-state index in [0.29, 0.717) is 35.9 Å². The summed E-state index contributed by atoms with van der Waals surface area (Å²) in [7, 11) is 0. The maximum absolute atomic E-state index is 11.8. The monoisotopic (exact) mass is 450 g/mol. The number of carbonyl (C=O) groups is 1. The van der Waals surface area contributed by atoms with Crippen molar-refractivity contribution in [2.24, 2.45) is 0 Å². The van der Waals surface area contributed by atoms with E-state index < -0.39 is 0 Å². The number of hydrogen-bond acceptors (Lipinski definition) is 3. The normalized spacial score (nSPS) is 10.5. The third-order valence-corrected chi connectivity index (χ3v) is 6.34. The summed E-state index contributed by atoms with van der Waals surface area (Å²) in [5.74, 6) is -0.121. The number of fused-ring (bicyclic) bond motifs is 1. The molecule has 0 fully saturated rings. The van der Waals surface area contributed by atoms with Gasteiger partial charge in [-0.05, 0) is 53.6 Å². The summed E-state index contributed by atoms with van der Waals surface area (Å²) < 4.78 is 6.46. The average molecular weight is 451 g/mol. The number of halogens is 2. The minimum atomic E-state index is -0.121. The molecule has 0 saturated carbocycles. The van der Waals surface area contributed by atoms with E-state index in [0.717, 1.165) is 18.4 Å². The summed E-state index contributed by atoms with van der Waals surface area (Å²) in [5, 5.41) is 2.57. The Hall–Kier alpha value is -1.55. The lowest BCUT2D eigenvalue weighted by Crippen LogP contribution is -2.06. The fraction of sp³-hybridized carbons (Fsp3) is 0.375. The number of unbranched alkanes of at least 4 members (excludes halogenated alkanes) is 1. The van der Waals surface area contributed by atoms with Crippen LogP contribution in [-0.4, -0.2) is 12.6 Å². The number of ether oxygens (including phenoxy) is 1. The molecule has 0 aliphatic carbocycles. The number of benzene rings is 2. The van der Waals surface area contributed by atoms with Crippen LogP contribution in [0.2, 0.25) is 10.0 Å². The maximum atomic E-state index is 11.8. The van der Waals surface area contributed by atoms with Crippen LogP contribution in [0.3, 0.4) is 0 Å². The number of rotatable bonds is 8. The molecule has 0 amide bonds. The van der Waals surface area contributed by atoms with Crippen LogP contribution in [0.5, 0.6) is 0 Å². The predicted molar refractivity (Wildman–Crippen MR) is 127 cm³/mol. The van der Waals surface area contributed by atoms with E-state index in [2.05, 4.69) is 31.2 Å². The standard InChI is InChI=1S/C22H22Cl2O2S.C2H6/c1-2-3-12-26-22(25)11-10-16-14-17-15(6-4-9-21(17)27-16)13-18-19(23)7-5-8-20(18)24;1-2/h4-9,14H,2-3,10-13H2,1H3;1-2H3. The average Bonchev–Trinajstić information content (AvgIpc) is 3.15. The van der Waals surface area contributed by atoms with Crippen LogP contribution in [0.25, 0.3) is 10.1 Å². The molecule has 2 aromatic carbocycles. The van der Waals surface area contributed by atoms with Crippen molar-refractivity contribution in [3.8, 4) is 0 Å². The molecule has 1 heterocycles. The Bertz CT molecular complexity index is 914. The zero-order chi connectivity index (χ0) is 21.2. The highest BCUT2D eigenvalue weighted by Crippen LogP contribution is 2.33. The lowest BCUT2D eigenvalue weighted by atomic mass is 10.0. The molecule has 0 unspecified atom stereocenters. The van der Waals surface area contributed by atoms with Gasteiger partial charge in [-0.15, -0.1) is 11.3 Å². The van der Waals surface area contributed by atoms with Crippen LogP contribution in [0.1, 0.15) is 56.0 Å². The molecular formula is C24H28Cl2O2S. The highest BCUT2D eigenvalue weighted by atomic mass is 35.5. The third kappa shape index (κ3) is 6.74. The fourth-order valence-electron chi connectivity index (χ4n) is 2.97. The van der Waals surface area contributed by atoms with E-state index in [-0.39, 0.29) is 5.97 Å². The Morgan fingerprint density at radius 1 is 1.07 bits per heavy atom. The lowest BCUT2D eigenvalue weighted by molar-refractivity contribution is -0.143. The summed E-state index contributed by atoms with van der Waals surface area (Å²) in [6.07, 6.45) is 3.76. The van der Waals surface area contributed by atoms with Gasteiger partial charge in [-0.25, -0.2) is 0 Å². The van der Waals surface area contributed by atoms with Gasteiger partial charge in [-0.3, -0.25) is 4.79 Å². The predicted octanol–water partition coefficient (Wildman–Crippen LogP) is 8.10. The Labute approximate surface area is 187 Å². The molecule has 29 heavy (non-hydrogen) atoms. The fourth-order valence-corrected chi connectivity index (χ4v) is 4.61. The highest BCUT2D eigenvalue weighted by Gasteiger charge is 2.12. The zero-order valence-corrected chi connectivity index (χ0v) is 19.6. The first-order chi connectivity index (χ1) is 14.1. The summed E-state index contributed by atoms with van der Waals surface area (Å²) in [4.78, 5) is 13.0. The first-order valence-electron chi connectivity index (χ1n) is 10.2. The smallest absolute Gasteiger partial charge is 0.306 e. The minimum absolute atomic E-state index is 0.121. The van der Waals surface area contributed by atoms with E-state index in [4.69, 9.17) is 27.9 Å². The summed E-state index contributed by atoms with van der Waals surface area (Å²) >= 11 is 14.4. The highest BCUT2D eigenvalue weighted by molar-refractivity contribution is 7.19. The molecule has 0 bridgehead atoms. The van der Waals surface area contributed by atoms with Crippen molar-refractivity contribution in [2.45, 2.75) is 52.9 Å². The number of esters is 1. The van der Waals surface area contributed by atoms with Gasteiger partial charge in [0.25, 0.3) is 0 Å². The van der Waals surface area contributed by atoms with E-state index in [1.807, 2.05) is 32.0 Å². The lowest BCUT2D eigenvalue weighted by Gasteiger charge is -2.08. The van der Waals surface area contributed by atoms with Gasteiger partial charge in [0.2, 0.25) is 0 Å². The van der Waals surface area contributed by atoms with Gasteiger partial charge in [0, 0.05) is 26.0 Å². The van der Waals surface area contributed by atoms with E-state index in [1.165, 1.54) is 20.5 Å². The van der Waals surface area contributed by atoms with Crippen LogP contribution in [0.15, 0.2) is 42.5 Å². The summed E-state index contributed by atoms with van der Waals surface area (Å²) in [5.41, 5.74) is 2.14. The van der Waals surface area contributed by atoms with Crippen molar-refractivity contribution in [2.75, 3.05) is 6.61 Å². The number of thiophene rings is 1. The number of aryl methyl sites for hydroxylation is 1. The number of hydrogen-bond donors (Lipinski definition) is 0. The molecule has 0 N–H and O–H groups in total.